The van der Waals surface area contributed by atoms with Crippen molar-refractivity contribution in [2.75, 3.05) is 0 Å². The molecule has 2 aromatic carbocycles. The van der Waals surface area contributed by atoms with Crippen molar-refractivity contribution in [3.8, 4) is 11.8 Å². The molecule has 0 atom stereocenters. The summed E-state index contributed by atoms with van der Waals surface area (Å²) in [6, 6.07) is 18.1. The maximum atomic E-state index is 13.1. The van der Waals surface area contributed by atoms with Crippen LogP contribution in [0.5, 0.6) is 5.75 Å². The molecule has 1 heterocycles. The van der Waals surface area contributed by atoms with Crippen LogP contribution in [-0.2, 0) is 13.2 Å². The number of nitrogens with one attached hydrogen (secondary N) is 1. The summed E-state index contributed by atoms with van der Waals surface area (Å²) in [5.41, 5.74) is 1.08. The Hall–Kier alpha value is -3.59. The van der Waals surface area contributed by atoms with Crippen LogP contribution in [0.1, 0.15) is 27.4 Å². The van der Waals surface area contributed by atoms with Gasteiger partial charge in [-0.2, -0.15) is 5.26 Å². The van der Waals surface area contributed by atoms with Gasteiger partial charge in [-0.15, -0.1) is 0 Å². The molecule has 1 amide bonds. The number of furan rings is 1. The molecule has 26 heavy (non-hydrogen) atoms. The molecule has 3 rings (SSSR count). The number of halogens is 1. The van der Waals surface area contributed by atoms with Crippen molar-refractivity contribution in [1.82, 2.24) is 5.32 Å². The molecule has 0 saturated carbocycles. The molecule has 0 fully saturated rings. The van der Waals surface area contributed by atoms with E-state index in [4.69, 9.17) is 14.4 Å². The lowest BCUT2D eigenvalue weighted by atomic mass is 10.2. The molecular weight excluding hydrogens is 335 g/mol. The molecule has 0 unspecified atom stereocenters. The van der Waals surface area contributed by atoms with Crippen LogP contribution in [0.3, 0.4) is 0 Å². The summed E-state index contributed by atoms with van der Waals surface area (Å²) in [6.45, 7) is 0.286. The quantitative estimate of drug-likeness (QED) is 0.734. The summed E-state index contributed by atoms with van der Waals surface area (Å²) in [7, 11) is 0. The van der Waals surface area contributed by atoms with E-state index in [0.29, 0.717) is 22.6 Å². The molecule has 1 aromatic heterocycles. The number of nitriles is 1. The molecule has 0 saturated heterocycles. The highest BCUT2D eigenvalue weighted by molar-refractivity contribution is 5.91. The SMILES string of the molecule is N#Cc1ccccc1OCc1ccc(C(=O)NCc2cccc(F)c2)o1. The van der Waals surface area contributed by atoms with Gasteiger partial charge in [0, 0.05) is 6.54 Å². The molecule has 6 heteroatoms. The summed E-state index contributed by atoms with van der Waals surface area (Å²) in [6.07, 6.45) is 0. The van der Waals surface area contributed by atoms with Crippen LogP contribution in [-0.4, -0.2) is 5.91 Å². The van der Waals surface area contributed by atoms with Gasteiger partial charge in [0.1, 0.15) is 30.0 Å². The Morgan fingerprint density at radius 2 is 2.00 bits per heavy atom. The second-order valence-electron chi connectivity index (χ2n) is 5.48. The average Bonchev–Trinajstić information content (AvgIpc) is 3.14. The Balaban J connectivity index is 1.57. The van der Waals surface area contributed by atoms with Crippen molar-refractivity contribution in [1.29, 1.82) is 5.26 Å². The zero-order chi connectivity index (χ0) is 18.4. The third-order valence-corrected chi connectivity index (χ3v) is 3.60. The number of carbonyl (C=O) groups is 1. The zero-order valence-corrected chi connectivity index (χ0v) is 13.7. The minimum atomic E-state index is -0.405. The van der Waals surface area contributed by atoms with E-state index in [2.05, 4.69) is 5.32 Å². The first-order chi connectivity index (χ1) is 12.7. The predicted octanol–water partition coefficient (Wildman–Crippen LogP) is 3.80. The third-order valence-electron chi connectivity index (χ3n) is 3.60. The van der Waals surface area contributed by atoms with Gasteiger partial charge in [-0.1, -0.05) is 24.3 Å². The summed E-state index contributed by atoms with van der Waals surface area (Å²) in [5.74, 6) is 0.274. The fourth-order valence-corrected chi connectivity index (χ4v) is 2.33. The number of nitrogens with zero attached hydrogens (tertiary/aromatic N) is 1. The molecule has 5 nitrogen and oxygen atoms in total. The standard InChI is InChI=1S/C20H15FN2O3/c21-16-6-3-4-14(10-16)12-23-20(24)19-9-8-17(26-19)13-25-18-7-2-1-5-15(18)11-22/h1-10H,12-13H2,(H,23,24). The monoisotopic (exact) mass is 350 g/mol. The van der Waals surface area contributed by atoms with Gasteiger partial charge in [-0.3, -0.25) is 4.79 Å². The summed E-state index contributed by atoms with van der Waals surface area (Å²) >= 11 is 0. The van der Waals surface area contributed by atoms with E-state index in [1.54, 1.807) is 42.5 Å². The molecule has 0 bridgehead atoms. The van der Waals surface area contributed by atoms with E-state index in [1.807, 2.05) is 6.07 Å². The first-order valence-corrected chi connectivity index (χ1v) is 7.89. The maximum absolute atomic E-state index is 13.1. The first-order valence-electron chi connectivity index (χ1n) is 7.89. The number of hydrogen-bond donors (Lipinski definition) is 1. The molecule has 0 aliphatic heterocycles. The van der Waals surface area contributed by atoms with Crippen LogP contribution >= 0.6 is 0 Å². The lowest BCUT2D eigenvalue weighted by Gasteiger charge is -2.06. The van der Waals surface area contributed by atoms with E-state index in [1.165, 1.54) is 18.2 Å². The summed E-state index contributed by atoms with van der Waals surface area (Å²) in [5, 5.41) is 11.7. The molecule has 0 spiro atoms. The maximum Gasteiger partial charge on any atom is 0.287 e. The van der Waals surface area contributed by atoms with Crippen LogP contribution in [0.25, 0.3) is 0 Å². The number of benzene rings is 2. The van der Waals surface area contributed by atoms with Crippen molar-refractivity contribution < 1.29 is 18.3 Å². The summed E-state index contributed by atoms with van der Waals surface area (Å²) in [4.78, 5) is 12.1. The lowest BCUT2D eigenvalue weighted by Crippen LogP contribution is -2.22. The number of carbonyl (C=O) groups excluding carboxylic acids is 1. The highest BCUT2D eigenvalue weighted by Gasteiger charge is 2.12. The largest absolute Gasteiger partial charge is 0.484 e. The molecule has 0 radical (unpaired) electrons. The number of ether oxygens (including phenoxy) is 1. The second-order valence-corrected chi connectivity index (χ2v) is 5.48. The molecule has 3 aromatic rings. The molecule has 0 aliphatic rings. The van der Waals surface area contributed by atoms with Gasteiger partial charge in [-0.25, -0.2) is 4.39 Å². The first kappa shape index (κ1) is 17.2. The van der Waals surface area contributed by atoms with E-state index >= 15 is 0 Å². The predicted molar refractivity (Wildman–Crippen MR) is 91.8 cm³/mol. The van der Waals surface area contributed by atoms with Gasteiger partial charge in [0.15, 0.2) is 5.76 Å². The fraction of sp³-hybridized carbons (Fsp3) is 0.100. The average molecular weight is 350 g/mol. The van der Waals surface area contributed by atoms with Crippen LogP contribution in [0.15, 0.2) is 65.1 Å². The van der Waals surface area contributed by atoms with E-state index in [0.717, 1.165) is 0 Å². The normalized spacial score (nSPS) is 10.2. The van der Waals surface area contributed by atoms with Crippen molar-refractivity contribution >= 4 is 5.91 Å². The Morgan fingerprint density at radius 3 is 2.81 bits per heavy atom. The van der Waals surface area contributed by atoms with Gasteiger partial charge in [0.25, 0.3) is 5.91 Å². The lowest BCUT2D eigenvalue weighted by molar-refractivity contribution is 0.0919. The molecule has 0 aliphatic carbocycles. The van der Waals surface area contributed by atoms with E-state index in [9.17, 15) is 9.18 Å². The van der Waals surface area contributed by atoms with E-state index < -0.39 is 5.91 Å². The minimum Gasteiger partial charge on any atom is -0.484 e. The highest BCUT2D eigenvalue weighted by Crippen LogP contribution is 2.19. The van der Waals surface area contributed by atoms with Crippen molar-refractivity contribution in [2.45, 2.75) is 13.2 Å². The molecule has 130 valence electrons. The minimum absolute atomic E-state index is 0.0931. The Morgan fingerprint density at radius 1 is 1.15 bits per heavy atom. The van der Waals surface area contributed by atoms with Crippen molar-refractivity contribution in [2.24, 2.45) is 0 Å². The third kappa shape index (κ3) is 4.28. The number of rotatable bonds is 6. The Labute approximate surface area is 149 Å². The van der Waals surface area contributed by atoms with Gasteiger partial charge in [0.05, 0.1) is 5.56 Å². The zero-order valence-electron chi connectivity index (χ0n) is 13.7. The van der Waals surface area contributed by atoms with Crippen LogP contribution < -0.4 is 10.1 Å². The summed E-state index contributed by atoms with van der Waals surface area (Å²) < 4.78 is 24.2. The van der Waals surface area contributed by atoms with Gasteiger partial charge >= 0.3 is 0 Å². The number of amides is 1. The van der Waals surface area contributed by atoms with Crippen LogP contribution in [0.4, 0.5) is 4.39 Å². The van der Waals surface area contributed by atoms with Gasteiger partial charge in [0.2, 0.25) is 0 Å². The molecule has 1 N–H and O–H groups in total. The smallest absolute Gasteiger partial charge is 0.287 e. The van der Waals surface area contributed by atoms with Gasteiger partial charge < -0.3 is 14.5 Å². The Kier molecular flexibility index (Phi) is 5.30. The van der Waals surface area contributed by atoms with Gasteiger partial charge in [-0.05, 0) is 42.0 Å². The highest BCUT2D eigenvalue weighted by atomic mass is 19.1. The van der Waals surface area contributed by atoms with Crippen molar-refractivity contribution in [3.63, 3.8) is 0 Å². The topological polar surface area (TPSA) is 75.3 Å². The van der Waals surface area contributed by atoms with E-state index in [-0.39, 0.29) is 24.7 Å². The van der Waals surface area contributed by atoms with Crippen LogP contribution in [0.2, 0.25) is 0 Å². The van der Waals surface area contributed by atoms with Crippen LogP contribution in [0, 0.1) is 17.1 Å². The number of para-hydroxylation sites is 1. The number of hydrogen-bond acceptors (Lipinski definition) is 4. The molecular formula is C20H15FN2O3. The second kappa shape index (κ2) is 7.99. The fourth-order valence-electron chi connectivity index (χ4n) is 2.33. The van der Waals surface area contributed by atoms with Crippen molar-refractivity contribution in [3.05, 3.63) is 89.1 Å². The Bertz CT molecular complexity index is 959.